The van der Waals surface area contributed by atoms with E-state index in [1.807, 2.05) is 0 Å². The van der Waals surface area contributed by atoms with E-state index in [1.54, 1.807) is 25.1 Å². The highest BCUT2D eigenvalue weighted by Gasteiger charge is 2.36. The molecule has 138 valence electrons. The molecule has 0 bridgehead atoms. The number of aryl methyl sites for hydroxylation is 1. The molecule has 1 saturated heterocycles. The molecule has 2 aromatic rings. The quantitative estimate of drug-likeness (QED) is 0.858. The fourth-order valence-electron chi connectivity index (χ4n) is 2.78. The fourth-order valence-corrected chi connectivity index (χ4v) is 3.01. The van der Waals surface area contributed by atoms with Gasteiger partial charge in [0.15, 0.2) is 5.82 Å². The molecular weight excluding hydrogens is 362 g/mol. The van der Waals surface area contributed by atoms with E-state index in [0.717, 1.165) is 0 Å². The van der Waals surface area contributed by atoms with Crippen LogP contribution in [-0.2, 0) is 9.59 Å². The smallest absolute Gasteiger partial charge is 0.229 e. The molecule has 1 aromatic carbocycles. The van der Waals surface area contributed by atoms with Crippen molar-refractivity contribution >= 4 is 34.9 Å². The molecule has 26 heavy (non-hydrogen) atoms. The maximum atomic E-state index is 12.6. The number of benzene rings is 1. The van der Waals surface area contributed by atoms with Crippen LogP contribution in [0.4, 0.5) is 11.5 Å². The Morgan fingerprint density at radius 1 is 1.31 bits per heavy atom. The number of hydrogen-bond acceptors (Lipinski definition) is 6. The second kappa shape index (κ2) is 7.25. The molecule has 8 nitrogen and oxygen atoms in total. The summed E-state index contributed by atoms with van der Waals surface area (Å²) in [5.41, 5.74) is 0.418. The molecule has 1 aromatic heterocycles. The van der Waals surface area contributed by atoms with Gasteiger partial charge in [-0.2, -0.15) is 0 Å². The number of nitrogens with one attached hydrogen (secondary N) is 1. The maximum absolute atomic E-state index is 12.6. The lowest BCUT2D eigenvalue weighted by molar-refractivity contribution is -0.122. The molecule has 0 radical (unpaired) electrons. The molecule has 2 heterocycles. The number of halogens is 1. The van der Waals surface area contributed by atoms with E-state index in [0.29, 0.717) is 33.8 Å². The summed E-state index contributed by atoms with van der Waals surface area (Å²) in [4.78, 5) is 26.3. The van der Waals surface area contributed by atoms with Crippen LogP contribution in [0.2, 0.25) is 5.02 Å². The lowest BCUT2D eigenvalue weighted by atomic mass is 10.1. The number of carbonyl (C=O) groups is 2. The highest BCUT2D eigenvalue weighted by molar-refractivity contribution is 6.32. The van der Waals surface area contributed by atoms with Crippen LogP contribution in [0.25, 0.3) is 0 Å². The van der Waals surface area contributed by atoms with Crippen LogP contribution in [0.1, 0.15) is 12.2 Å². The standard InChI is InChI=1S/C17H18ClN3O5/c1-9-4-15(20-26-9)21-8-10(5-16(21)22)17(23)19-12-7-13(24-2)11(18)6-14(12)25-3/h4,6-7,10H,5,8H2,1-3H3,(H,19,23). The summed E-state index contributed by atoms with van der Waals surface area (Å²) in [6.07, 6.45) is 0.0881. The third kappa shape index (κ3) is 3.45. The van der Waals surface area contributed by atoms with E-state index in [2.05, 4.69) is 10.5 Å². The minimum atomic E-state index is -0.522. The molecule has 1 aliphatic heterocycles. The Hall–Kier alpha value is -2.74. The molecular formula is C17H18ClN3O5. The number of aromatic nitrogens is 1. The topological polar surface area (TPSA) is 93.9 Å². The molecule has 2 amide bonds. The first-order valence-corrected chi connectivity index (χ1v) is 8.26. The first-order chi connectivity index (χ1) is 12.4. The van der Waals surface area contributed by atoms with Crippen molar-refractivity contribution in [1.29, 1.82) is 0 Å². The first-order valence-electron chi connectivity index (χ1n) is 7.89. The minimum Gasteiger partial charge on any atom is -0.495 e. The Balaban J connectivity index is 1.76. The van der Waals surface area contributed by atoms with Crippen molar-refractivity contribution in [2.45, 2.75) is 13.3 Å². The van der Waals surface area contributed by atoms with Crippen molar-refractivity contribution in [3.05, 3.63) is 29.0 Å². The van der Waals surface area contributed by atoms with Crippen LogP contribution in [0.3, 0.4) is 0 Å². The number of methoxy groups -OCH3 is 2. The molecule has 3 rings (SSSR count). The SMILES string of the molecule is COc1cc(NC(=O)C2CC(=O)N(c3cc(C)on3)C2)c(OC)cc1Cl. The Morgan fingerprint density at radius 2 is 2.04 bits per heavy atom. The van der Waals surface area contributed by atoms with Crippen molar-refractivity contribution < 1.29 is 23.6 Å². The van der Waals surface area contributed by atoms with Crippen molar-refractivity contribution in [2.75, 3.05) is 31.0 Å². The van der Waals surface area contributed by atoms with Gasteiger partial charge in [0.25, 0.3) is 0 Å². The lowest BCUT2D eigenvalue weighted by Gasteiger charge is -2.16. The number of hydrogen-bond donors (Lipinski definition) is 1. The average Bonchev–Trinajstić information content (AvgIpc) is 3.21. The number of ether oxygens (including phenoxy) is 2. The monoisotopic (exact) mass is 379 g/mol. The van der Waals surface area contributed by atoms with Crippen LogP contribution in [0, 0.1) is 12.8 Å². The number of carbonyl (C=O) groups excluding carboxylic acids is 2. The van der Waals surface area contributed by atoms with Gasteiger partial charge in [0, 0.05) is 31.2 Å². The van der Waals surface area contributed by atoms with Gasteiger partial charge in [0.05, 0.1) is 30.8 Å². The van der Waals surface area contributed by atoms with Crippen molar-refractivity contribution in [2.24, 2.45) is 5.92 Å². The zero-order valence-electron chi connectivity index (χ0n) is 14.5. The highest BCUT2D eigenvalue weighted by Crippen LogP contribution is 2.36. The normalized spacial score (nSPS) is 16.7. The van der Waals surface area contributed by atoms with E-state index < -0.39 is 5.92 Å². The lowest BCUT2D eigenvalue weighted by Crippen LogP contribution is -2.28. The molecule has 0 spiro atoms. The molecule has 1 atom stereocenters. The van der Waals surface area contributed by atoms with Crippen LogP contribution in [0.5, 0.6) is 11.5 Å². The Bertz CT molecular complexity index is 851. The zero-order chi connectivity index (χ0) is 18.8. The summed E-state index contributed by atoms with van der Waals surface area (Å²) in [5.74, 6) is 0.809. The van der Waals surface area contributed by atoms with Gasteiger partial charge in [-0.3, -0.25) is 14.5 Å². The van der Waals surface area contributed by atoms with E-state index in [4.69, 9.17) is 25.6 Å². The van der Waals surface area contributed by atoms with Crippen LogP contribution in [0.15, 0.2) is 22.7 Å². The van der Waals surface area contributed by atoms with Gasteiger partial charge in [0.2, 0.25) is 11.8 Å². The van der Waals surface area contributed by atoms with E-state index in [9.17, 15) is 9.59 Å². The third-order valence-electron chi connectivity index (χ3n) is 4.12. The Labute approximate surface area is 155 Å². The van der Waals surface area contributed by atoms with Crippen molar-refractivity contribution in [1.82, 2.24) is 5.16 Å². The number of anilines is 2. The summed E-state index contributed by atoms with van der Waals surface area (Å²) in [6.45, 7) is 1.96. The molecule has 1 aliphatic rings. The van der Waals surface area contributed by atoms with Crippen LogP contribution < -0.4 is 19.7 Å². The highest BCUT2D eigenvalue weighted by atomic mass is 35.5. The Kier molecular flexibility index (Phi) is 5.03. The summed E-state index contributed by atoms with van der Waals surface area (Å²) in [7, 11) is 2.95. The third-order valence-corrected chi connectivity index (χ3v) is 4.42. The molecule has 0 saturated carbocycles. The van der Waals surface area contributed by atoms with Gasteiger partial charge in [0.1, 0.15) is 17.3 Å². The molecule has 1 fully saturated rings. The van der Waals surface area contributed by atoms with Gasteiger partial charge in [-0.25, -0.2) is 0 Å². The Morgan fingerprint density at radius 3 is 2.65 bits per heavy atom. The summed E-state index contributed by atoms with van der Waals surface area (Å²) < 4.78 is 15.4. The number of amides is 2. The van der Waals surface area contributed by atoms with Gasteiger partial charge < -0.3 is 19.3 Å². The van der Waals surface area contributed by atoms with Gasteiger partial charge in [-0.15, -0.1) is 0 Å². The summed E-state index contributed by atoms with van der Waals surface area (Å²) in [6, 6.07) is 4.79. The summed E-state index contributed by atoms with van der Waals surface area (Å²) >= 11 is 6.07. The number of nitrogens with zero attached hydrogens (tertiary/aromatic N) is 2. The minimum absolute atomic E-state index is 0.0881. The molecule has 0 aliphatic carbocycles. The summed E-state index contributed by atoms with van der Waals surface area (Å²) in [5, 5.41) is 6.98. The molecule has 1 unspecified atom stereocenters. The van der Waals surface area contributed by atoms with E-state index in [-0.39, 0.29) is 24.8 Å². The van der Waals surface area contributed by atoms with Crippen LogP contribution in [-0.4, -0.2) is 37.7 Å². The van der Waals surface area contributed by atoms with E-state index >= 15 is 0 Å². The van der Waals surface area contributed by atoms with Gasteiger partial charge >= 0.3 is 0 Å². The predicted octanol–water partition coefficient (Wildman–Crippen LogP) is 2.65. The van der Waals surface area contributed by atoms with Crippen molar-refractivity contribution in [3.63, 3.8) is 0 Å². The second-order valence-electron chi connectivity index (χ2n) is 5.88. The maximum Gasteiger partial charge on any atom is 0.229 e. The van der Waals surface area contributed by atoms with E-state index in [1.165, 1.54) is 19.1 Å². The fraction of sp³-hybridized carbons (Fsp3) is 0.353. The predicted molar refractivity (Wildman–Crippen MR) is 94.9 cm³/mol. The number of rotatable bonds is 5. The van der Waals surface area contributed by atoms with Crippen molar-refractivity contribution in [3.8, 4) is 11.5 Å². The zero-order valence-corrected chi connectivity index (χ0v) is 15.3. The second-order valence-corrected chi connectivity index (χ2v) is 6.28. The van der Waals surface area contributed by atoms with Gasteiger partial charge in [-0.1, -0.05) is 16.8 Å². The molecule has 1 N–H and O–H groups in total. The first kappa shape index (κ1) is 18.1. The van der Waals surface area contributed by atoms with Gasteiger partial charge in [-0.05, 0) is 6.92 Å². The molecule has 9 heteroatoms. The average molecular weight is 380 g/mol. The van der Waals surface area contributed by atoms with Crippen LogP contribution >= 0.6 is 11.6 Å². The largest absolute Gasteiger partial charge is 0.495 e.